The lowest BCUT2D eigenvalue weighted by Gasteiger charge is -2.32. The highest BCUT2D eigenvalue weighted by molar-refractivity contribution is 6.76. The summed E-state index contributed by atoms with van der Waals surface area (Å²) in [7, 11) is -2.10. The summed E-state index contributed by atoms with van der Waals surface area (Å²) in [5, 5.41) is 3.66. The second kappa shape index (κ2) is 7.61. The van der Waals surface area contributed by atoms with Gasteiger partial charge in [0.05, 0.1) is 16.6 Å². The number of aromatic nitrogens is 3. The Morgan fingerprint density at radius 1 is 1.13 bits per heavy atom. The third-order valence-corrected chi connectivity index (χ3v) is 7.32. The van der Waals surface area contributed by atoms with Gasteiger partial charge in [0.1, 0.15) is 6.73 Å². The van der Waals surface area contributed by atoms with Gasteiger partial charge >= 0.3 is 13.3 Å². The van der Waals surface area contributed by atoms with Crippen LogP contribution in [-0.2, 0) is 27.0 Å². The third-order valence-electron chi connectivity index (χ3n) is 5.61. The van der Waals surface area contributed by atoms with E-state index in [1.165, 1.54) is 12.3 Å². The molecule has 1 aliphatic heterocycles. The summed E-state index contributed by atoms with van der Waals surface area (Å²) in [4.78, 5) is 4.25. The number of halogens is 3. The number of fused-ring (bicyclic) bond motifs is 1. The van der Waals surface area contributed by atoms with E-state index in [1.54, 1.807) is 0 Å². The number of hydrogen-bond donors (Lipinski definition) is 0. The van der Waals surface area contributed by atoms with E-state index in [0.29, 0.717) is 12.1 Å². The quantitative estimate of drug-likeness (QED) is 0.498. The third kappa shape index (κ3) is 4.74. The Hall–Kier alpha value is -1.43. The molecule has 0 N–H and O–H groups in total. The lowest BCUT2D eigenvalue weighted by atomic mass is 9.80. The monoisotopic (exact) mass is 443 g/mol. The Morgan fingerprint density at radius 2 is 1.73 bits per heavy atom. The molecule has 0 radical (unpaired) electrons. The topological polar surface area (TPSA) is 58.4 Å². The molecule has 2 aromatic rings. The van der Waals surface area contributed by atoms with Gasteiger partial charge in [0.15, 0.2) is 11.3 Å². The Morgan fingerprint density at radius 3 is 2.27 bits per heavy atom. The normalized spacial score (nSPS) is 19.1. The van der Waals surface area contributed by atoms with Crippen LogP contribution in [0, 0.1) is 0 Å². The molecule has 3 heterocycles. The van der Waals surface area contributed by atoms with E-state index in [2.05, 4.69) is 29.7 Å². The van der Waals surface area contributed by atoms with E-state index in [4.69, 9.17) is 14.0 Å². The number of rotatable bonds is 6. The summed E-state index contributed by atoms with van der Waals surface area (Å²) in [6, 6.07) is 2.32. The van der Waals surface area contributed by atoms with E-state index in [0.717, 1.165) is 10.7 Å². The van der Waals surface area contributed by atoms with Crippen LogP contribution in [0.1, 0.15) is 33.4 Å². The summed E-state index contributed by atoms with van der Waals surface area (Å²) in [5.41, 5.74) is -1.65. The second-order valence-corrected chi connectivity index (χ2v) is 15.5. The summed E-state index contributed by atoms with van der Waals surface area (Å²) in [6.45, 7) is 14.6. The van der Waals surface area contributed by atoms with E-state index < -0.39 is 38.3 Å². The highest BCUT2D eigenvalue weighted by Crippen LogP contribution is 2.37. The van der Waals surface area contributed by atoms with Crippen LogP contribution in [0.5, 0.6) is 0 Å². The smallest absolute Gasteiger partial charge is 0.399 e. The van der Waals surface area contributed by atoms with Crippen LogP contribution in [0.4, 0.5) is 13.2 Å². The van der Waals surface area contributed by atoms with Crippen molar-refractivity contribution in [1.82, 2.24) is 14.8 Å². The number of ether oxygens (including phenoxy) is 1. The number of pyridine rings is 1. The van der Waals surface area contributed by atoms with Crippen molar-refractivity contribution in [3.63, 3.8) is 0 Å². The first kappa shape index (κ1) is 23.2. The van der Waals surface area contributed by atoms with E-state index >= 15 is 0 Å². The SMILES string of the molecule is CC1(C)OB(c2cnc3c(c2)c(C(F)(F)F)nn3COCC[Si](C)(C)C)OC1(C)C. The molecule has 0 bridgehead atoms. The molecule has 0 aromatic carbocycles. The summed E-state index contributed by atoms with van der Waals surface area (Å²) >= 11 is 0. The lowest BCUT2D eigenvalue weighted by Crippen LogP contribution is -2.41. The summed E-state index contributed by atoms with van der Waals surface area (Å²) in [5.74, 6) is 0. The standard InChI is InChI=1S/C19H29BF3N3O3Si/c1-17(2)18(3,4)29-20(28-17)13-10-14-15(19(21,22)23)25-26(16(14)24-11-13)12-27-8-9-30(5,6)7/h10-11H,8-9,12H2,1-7H3. The molecular weight excluding hydrogens is 414 g/mol. The Bertz CT molecular complexity index is 909. The molecule has 30 heavy (non-hydrogen) atoms. The fourth-order valence-corrected chi connectivity index (χ4v) is 3.77. The lowest BCUT2D eigenvalue weighted by molar-refractivity contribution is -0.140. The van der Waals surface area contributed by atoms with Crippen molar-refractivity contribution in [2.45, 2.75) is 77.5 Å². The minimum absolute atomic E-state index is 0.0834. The molecule has 11 heteroatoms. The van der Waals surface area contributed by atoms with Gasteiger partial charge in [-0.2, -0.15) is 18.3 Å². The molecule has 0 saturated carbocycles. The van der Waals surface area contributed by atoms with Gasteiger partial charge in [0.25, 0.3) is 0 Å². The fraction of sp³-hybridized carbons (Fsp3) is 0.684. The van der Waals surface area contributed by atoms with E-state index in [9.17, 15) is 13.2 Å². The molecule has 0 spiro atoms. The molecule has 1 aliphatic rings. The van der Waals surface area contributed by atoms with Crippen molar-refractivity contribution in [3.05, 3.63) is 18.0 Å². The first-order chi connectivity index (χ1) is 13.6. The molecule has 3 rings (SSSR count). The number of alkyl halides is 3. The zero-order chi connectivity index (χ0) is 22.5. The molecule has 0 aliphatic carbocycles. The predicted molar refractivity (Wildman–Crippen MR) is 112 cm³/mol. The summed E-state index contributed by atoms with van der Waals surface area (Å²) in [6.07, 6.45) is -3.14. The fourth-order valence-electron chi connectivity index (χ4n) is 3.01. The maximum atomic E-state index is 13.6. The van der Waals surface area contributed by atoms with Gasteiger partial charge in [-0.15, -0.1) is 0 Å². The molecule has 0 amide bonds. The second-order valence-electron chi connectivity index (χ2n) is 9.92. The van der Waals surface area contributed by atoms with Crippen LogP contribution in [0.2, 0.25) is 25.7 Å². The predicted octanol–water partition coefficient (Wildman–Crippen LogP) is 4.06. The molecule has 6 nitrogen and oxygen atoms in total. The van der Waals surface area contributed by atoms with Crippen molar-refractivity contribution in [2.24, 2.45) is 0 Å². The van der Waals surface area contributed by atoms with Gasteiger partial charge in [-0.1, -0.05) is 19.6 Å². The molecular formula is C19H29BF3N3O3Si. The van der Waals surface area contributed by atoms with Gasteiger partial charge in [0, 0.05) is 26.3 Å². The van der Waals surface area contributed by atoms with E-state index in [1.807, 2.05) is 27.7 Å². The van der Waals surface area contributed by atoms with Crippen molar-refractivity contribution < 1.29 is 27.2 Å². The van der Waals surface area contributed by atoms with Crippen LogP contribution in [0.15, 0.2) is 12.3 Å². The molecule has 1 saturated heterocycles. The van der Waals surface area contributed by atoms with Gasteiger partial charge in [0.2, 0.25) is 0 Å². The van der Waals surface area contributed by atoms with Crippen molar-refractivity contribution in [3.8, 4) is 0 Å². The zero-order valence-corrected chi connectivity index (χ0v) is 19.6. The number of hydrogen-bond acceptors (Lipinski definition) is 5. The minimum Gasteiger partial charge on any atom is -0.399 e. The minimum atomic E-state index is -4.61. The van der Waals surface area contributed by atoms with Crippen molar-refractivity contribution in [2.75, 3.05) is 6.61 Å². The molecule has 166 valence electrons. The number of nitrogens with zero attached hydrogens (tertiary/aromatic N) is 3. The molecule has 0 atom stereocenters. The van der Waals surface area contributed by atoms with Crippen molar-refractivity contribution >= 4 is 31.7 Å². The van der Waals surface area contributed by atoms with Gasteiger partial charge in [-0.25, -0.2) is 9.67 Å². The maximum Gasteiger partial charge on any atom is 0.496 e. The Kier molecular flexibility index (Phi) is 5.90. The van der Waals surface area contributed by atoms with Crippen LogP contribution >= 0.6 is 0 Å². The van der Waals surface area contributed by atoms with Crippen LogP contribution in [0.3, 0.4) is 0 Å². The Labute approximate surface area is 176 Å². The van der Waals surface area contributed by atoms with Crippen LogP contribution in [0.25, 0.3) is 11.0 Å². The summed E-state index contributed by atoms with van der Waals surface area (Å²) < 4.78 is 59.5. The maximum absolute atomic E-state index is 13.6. The Balaban J connectivity index is 1.91. The van der Waals surface area contributed by atoms with Gasteiger partial charge in [-0.3, -0.25) is 0 Å². The zero-order valence-electron chi connectivity index (χ0n) is 18.6. The highest BCUT2D eigenvalue weighted by atomic mass is 28.3. The highest BCUT2D eigenvalue weighted by Gasteiger charge is 2.52. The van der Waals surface area contributed by atoms with Crippen molar-refractivity contribution in [1.29, 1.82) is 0 Å². The average molecular weight is 443 g/mol. The largest absolute Gasteiger partial charge is 0.496 e. The molecule has 2 aromatic heterocycles. The van der Waals surface area contributed by atoms with Crippen LogP contribution < -0.4 is 5.46 Å². The van der Waals surface area contributed by atoms with E-state index in [-0.39, 0.29) is 17.8 Å². The average Bonchev–Trinajstić information content (AvgIpc) is 3.04. The van der Waals surface area contributed by atoms with Gasteiger partial charge < -0.3 is 14.0 Å². The first-order valence-electron chi connectivity index (χ1n) is 9.98. The first-order valence-corrected chi connectivity index (χ1v) is 13.7. The molecule has 1 fully saturated rings. The molecule has 0 unspecified atom stereocenters. The van der Waals surface area contributed by atoms with Gasteiger partial charge in [-0.05, 0) is 39.8 Å². The van der Waals surface area contributed by atoms with Crippen LogP contribution in [-0.4, -0.2) is 47.8 Å².